The molecule has 0 saturated carbocycles. The van der Waals surface area contributed by atoms with E-state index in [0.717, 1.165) is 36.8 Å². The van der Waals surface area contributed by atoms with Gasteiger partial charge in [-0.3, -0.25) is 4.79 Å². The predicted octanol–water partition coefficient (Wildman–Crippen LogP) is 2.91. The highest BCUT2D eigenvalue weighted by Crippen LogP contribution is 2.33. The Labute approximate surface area is 227 Å². The lowest BCUT2D eigenvalue weighted by Crippen LogP contribution is -2.56. The van der Waals surface area contributed by atoms with Crippen molar-refractivity contribution < 1.29 is 18.3 Å². The standard InChI is InChI=1S/C28H33F2N7O2/c1-4-25(38)37-14-13-36(16-20(37)15-31-2)27-21-10-12-35(24-9-5-8-22(29)26(24)30)17-23(21)32-28(33-27)39-18-19-7-6-11-34(19)3/h4-5,8-9,19-20H,1,6-7,10-18H2,3H3/t19-,20-/m0/s1. The second kappa shape index (κ2) is 11.5. The van der Waals surface area contributed by atoms with E-state index in [0.29, 0.717) is 44.9 Å². The Morgan fingerprint density at radius 3 is 2.79 bits per heavy atom. The highest BCUT2D eigenvalue weighted by atomic mass is 19.2. The Bertz CT molecular complexity index is 1280. The number of aromatic nitrogens is 2. The molecule has 5 rings (SSSR count). The normalized spacial score (nSPS) is 21.4. The number of likely N-dealkylation sites (N-methyl/N-ethyl adjacent to an activating group) is 1. The molecule has 9 nitrogen and oxygen atoms in total. The number of nitrogens with zero attached hydrogens (tertiary/aromatic N) is 7. The zero-order valence-electron chi connectivity index (χ0n) is 22.2. The molecule has 1 amide bonds. The fourth-order valence-electron chi connectivity index (χ4n) is 5.73. The molecular weight excluding hydrogens is 504 g/mol. The van der Waals surface area contributed by atoms with Crippen molar-refractivity contribution in [1.82, 2.24) is 19.8 Å². The van der Waals surface area contributed by atoms with Gasteiger partial charge in [0, 0.05) is 37.8 Å². The lowest BCUT2D eigenvalue weighted by atomic mass is 10.0. The van der Waals surface area contributed by atoms with E-state index in [1.807, 2.05) is 0 Å². The highest BCUT2D eigenvalue weighted by molar-refractivity contribution is 5.87. The molecule has 2 fully saturated rings. The SMILES string of the molecule is [C-]#[N+]C[C@H]1CN(c2nc(OC[C@@H]3CCCN3C)nc3c2CCN(c2cccc(F)c2F)C3)CCN1C(=O)C=C. The number of piperazine rings is 1. The summed E-state index contributed by atoms with van der Waals surface area (Å²) in [4.78, 5) is 33.4. The first-order valence-electron chi connectivity index (χ1n) is 13.3. The van der Waals surface area contributed by atoms with Crippen LogP contribution < -0.4 is 14.5 Å². The molecule has 39 heavy (non-hydrogen) atoms. The minimum Gasteiger partial charge on any atom is -0.462 e. The Kier molecular flexibility index (Phi) is 7.93. The van der Waals surface area contributed by atoms with Crippen LogP contribution in [0.5, 0.6) is 6.01 Å². The maximum atomic E-state index is 14.6. The highest BCUT2D eigenvalue weighted by Gasteiger charge is 2.35. The first kappa shape index (κ1) is 26.8. The number of carbonyl (C=O) groups excluding carboxylic acids is 1. The van der Waals surface area contributed by atoms with Crippen molar-refractivity contribution in [2.24, 2.45) is 0 Å². The van der Waals surface area contributed by atoms with Crippen LogP contribution in [0.1, 0.15) is 24.1 Å². The summed E-state index contributed by atoms with van der Waals surface area (Å²) in [5.74, 6) is -1.23. The molecule has 2 atom stereocenters. The largest absolute Gasteiger partial charge is 0.462 e. The number of likely N-dealkylation sites (tertiary alicyclic amines) is 1. The van der Waals surface area contributed by atoms with Gasteiger partial charge in [0.1, 0.15) is 18.5 Å². The first-order valence-corrected chi connectivity index (χ1v) is 13.3. The Morgan fingerprint density at radius 2 is 2.05 bits per heavy atom. The summed E-state index contributed by atoms with van der Waals surface area (Å²) in [7, 11) is 2.08. The second-order valence-electron chi connectivity index (χ2n) is 10.3. The zero-order chi connectivity index (χ0) is 27.5. The summed E-state index contributed by atoms with van der Waals surface area (Å²) in [5.41, 5.74) is 1.83. The molecule has 0 aliphatic carbocycles. The van der Waals surface area contributed by atoms with Gasteiger partial charge in [0.15, 0.2) is 11.6 Å². The molecule has 0 radical (unpaired) electrons. The number of carbonyl (C=O) groups is 1. The summed E-state index contributed by atoms with van der Waals surface area (Å²) >= 11 is 0. The van der Waals surface area contributed by atoms with Gasteiger partial charge < -0.3 is 29.2 Å². The van der Waals surface area contributed by atoms with Crippen LogP contribution in [0.2, 0.25) is 0 Å². The monoisotopic (exact) mass is 537 g/mol. The van der Waals surface area contributed by atoms with Crippen LogP contribution in [0.3, 0.4) is 0 Å². The van der Waals surface area contributed by atoms with Crippen LogP contribution >= 0.6 is 0 Å². The minimum atomic E-state index is -0.885. The second-order valence-corrected chi connectivity index (χ2v) is 10.3. The fourth-order valence-corrected chi connectivity index (χ4v) is 5.73. The summed E-state index contributed by atoms with van der Waals surface area (Å²) in [6.07, 6.45) is 3.97. The van der Waals surface area contributed by atoms with E-state index >= 15 is 0 Å². The molecule has 0 bridgehead atoms. The average molecular weight is 538 g/mol. The van der Waals surface area contributed by atoms with Crippen LogP contribution in [-0.2, 0) is 17.8 Å². The number of benzene rings is 1. The molecule has 2 saturated heterocycles. The maximum Gasteiger partial charge on any atom is 0.318 e. The van der Waals surface area contributed by atoms with Gasteiger partial charge in [0.05, 0.1) is 17.9 Å². The fraction of sp³-hybridized carbons (Fsp3) is 0.500. The van der Waals surface area contributed by atoms with E-state index in [2.05, 4.69) is 28.3 Å². The van der Waals surface area contributed by atoms with Crippen molar-refractivity contribution in [2.75, 3.05) is 62.7 Å². The molecule has 1 aromatic heterocycles. The van der Waals surface area contributed by atoms with Gasteiger partial charge in [0.2, 0.25) is 12.5 Å². The number of ether oxygens (including phenoxy) is 1. The van der Waals surface area contributed by atoms with Crippen molar-refractivity contribution in [1.29, 1.82) is 0 Å². The number of anilines is 2. The number of amides is 1. The van der Waals surface area contributed by atoms with Crippen LogP contribution in [0, 0.1) is 18.2 Å². The van der Waals surface area contributed by atoms with E-state index in [9.17, 15) is 13.6 Å². The Hall–Kier alpha value is -3.78. The molecule has 0 N–H and O–H groups in total. The van der Waals surface area contributed by atoms with Crippen molar-refractivity contribution in [3.05, 3.63) is 65.2 Å². The number of halogens is 2. The van der Waals surface area contributed by atoms with Crippen molar-refractivity contribution >= 4 is 17.4 Å². The summed E-state index contributed by atoms with van der Waals surface area (Å²) in [6, 6.07) is 4.41. The number of fused-ring (bicyclic) bond motifs is 1. The number of hydrogen-bond donors (Lipinski definition) is 0. The average Bonchev–Trinajstić information content (AvgIpc) is 3.36. The molecular formula is C28H33F2N7O2. The van der Waals surface area contributed by atoms with Crippen LogP contribution in [-0.4, -0.2) is 90.7 Å². The lowest BCUT2D eigenvalue weighted by Gasteiger charge is -2.41. The zero-order valence-corrected chi connectivity index (χ0v) is 22.2. The van der Waals surface area contributed by atoms with E-state index < -0.39 is 11.6 Å². The van der Waals surface area contributed by atoms with Crippen LogP contribution in [0.4, 0.5) is 20.3 Å². The van der Waals surface area contributed by atoms with E-state index in [-0.39, 0.29) is 42.8 Å². The molecule has 206 valence electrons. The summed E-state index contributed by atoms with van der Waals surface area (Å²) < 4.78 is 34.7. The van der Waals surface area contributed by atoms with Gasteiger partial charge in [-0.15, -0.1) is 0 Å². The topological polar surface area (TPSA) is 69.4 Å². The van der Waals surface area contributed by atoms with Gasteiger partial charge in [0.25, 0.3) is 0 Å². The van der Waals surface area contributed by atoms with Crippen molar-refractivity contribution in [2.45, 2.75) is 37.9 Å². The van der Waals surface area contributed by atoms with Gasteiger partial charge in [-0.05, 0) is 51.1 Å². The number of hydrogen-bond acceptors (Lipinski definition) is 7. The van der Waals surface area contributed by atoms with E-state index in [1.54, 1.807) is 15.9 Å². The quantitative estimate of drug-likeness (QED) is 0.398. The maximum absolute atomic E-state index is 14.6. The van der Waals surface area contributed by atoms with E-state index in [1.165, 1.54) is 12.1 Å². The molecule has 11 heteroatoms. The molecule has 0 spiro atoms. The summed E-state index contributed by atoms with van der Waals surface area (Å²) in [6.45, 7) is 14.8. The third-order valence-corrected chi connectivity index (χ3v) is 7.91. The molecule has 2 aromatic rings. The smallest absolute Gasteiger partial charge is 0.318 e. The molecule has 4 heterocycles. The third kappa shape index (κ3) is 5.52. The van der Waals surface area contributed by atoms with Crippen LogP contribution in [0.25, 0.3) is 4.85 Å². The molecule has 0 unspecified atom stereocenters. The van der Waals surface area contributed by atoms with Crippen molar-refractivity contribution in [3.63, 3.8) is 0 Å². The van der Waals surface area contributed by atoms with E-state index in [4.69, 9.17) is 21.3 Å². The van der Waals surface area contributed by atoms with Gasteiger partial charge in [-0.25, -0.2) is 15.4 Å². The van der Waals surface area contributed by atoms with Gasteiger partial charge in [-0.2, -0.15) is 9.97 Å². The number of rotatable bonds is 7. The summed E-state index contributed by atoms with van der Waals surface area (Å²) in [5, 5.41) is 0. The third-order valence-electron chi connectivity index (χ3n) is 7.91. The van der Waals surface area contributed by atoms with Crippen LogP contribution in [0.15, 0.2) is 30.9 Å². The van der Waals surface area contributed by atoms with Gasteiger partial charge in [-0.1, -0.05) is 12.6 Å². The minimum absolute atomic E-state index is 0.174. The van der Waals surface area contributed by atoms with Gasteiger partial charge >= 0.3 is 6.01 Å². The molecule has 3 aliphatic rings. The first-order chi connectivity index (χ1) is 18.9. The van der Waals surface area contributed by atoms with Crippen molar-refractivity contribution in [3.8, 4) is 6.01 Å². The lowest BCUT2D eigenvalue weighted by molar-refractivity contribution is -0.128. The predicted molar refractivity (Wildman–Crippen MR) is 144 cm³/mol. The molecule has 1 aromatic carbocycles. The Morgan fingerprint density at radius 1 is 1.21 bits per heavy atom. The molecule has 3 aliphatic heterocycles. The Balaban J connectivity index is 1.46.